The molecule has 104 valence electrons. The van der Waals surface area contributed by atoms with Gasteiger partial charge in [0, 0.05) is 11.1 Å². The van der Waals surface area contributed by atoms with E-state index in [0.717, 1.165) is 5.56 Å². The Kier molecular flexibility index (Phi) is 4.55. The maximum atomic E-state index is 13.4. The minimum Gasteiger partial charge on any atom is -0.493 e. The Labute approximate surface area is 125 Å². The van der Waals surface area contributed by atoms with Gasteiger partial charge < -0.3 is 4.74 Å². The van der Waals surface area contributed by atoms with Crippen LogP contribution >= 0.6 is 15.9 Å². The highest BCUT2D eigenvalue weighted by molar-refractivity contribution is 9.10. The third-order valence-electron chi connectivity index (χ3n) is 2.80. The van der Waals surface area contributed by atoms with E-state index >= 15 is 0 Å². The number of rotatable bonds is 4. The number of hydrogen-bond acceptors (Lipinski definition) is 2. The van der Waals surface area contributed by atoms with Crippen LogP contribution < -0.4 is 4.74 Å². The molecule has 0 radical (unpaired) electrons. The van der Waals surface area contributed by atoms with Crippen LogP contribution in [0.15, 0.2) is 40.9 Å². The molecule has 0 N–H and O–H groups in total. The lowest BCUT2D eigenvalue weighted by atomic mass is 10.0. The molecule has 2 nitrogen and oxygen atoms in total. The third-order valence-corrected chi connectivity index (χ3v) is 3.42. The first-order valence-corrected chi connectivity index (χ1v) is 7.05. The van der Waals surface area contributed by atoms with Gasteiger partial charge >= 0.3 is 0 Å². The zero-order valence-electron chi connectivity index (χ0n) is 11.2. The van der Waals surface area contributed by atoms with Gasteiger partial charge in [-0.15, -0.1) is 0 Å². The predicted octanol–water partition coefficient (Wildman–Crippen LogP) is 4.53. The fourth-order valence-electron chi connectivity index (χ4n) is 1.95. The van der Waals surface area contributed by atoms with Crippen LogP contribution in [0.1, 0.15) is 28.4 Å². The van der Waals surface area contributed by atoms with Crippen LogP contribution in [0.2, 0.25) is 0 Å². The first-order chi connectivity index (χ1) is 9.51. The summed E-state index contributed by atoms with van der Waals surface area (Å²) in [6, 6.07) is 9.42. The van der Waals surface area contributed by atoms with E-state index in [1.54, 1.807) is 31.2 Å². The highest BCUT2D eigenvalue weighted by atomic mass is 79.9. The number of hydrogen-bond donors (Lipinski definition) is 0. The topological polar surface area (TPSA) is 26.3 Å². The maximum absolute atomic E-state index is 13.4. The van der Waals surface area contributed by atoms with E-state index in [1.165, 1.54) is 12.1 Å². The molecule has 2 rings (SSSR count). The van der Waals surface area contributed by atoms with E-state index in [2.05, 4.69) is 15.9 Å². The van der Waals surface area contributed by atoms with Crippen molar-refractivity contribution in [3.63, 3.8) is 0 Å². The molecule has 0 heterocycles. The summed E-state index contributed by atoms with van der Waals surface area (Å²) in [5.74, 6) is 0.0640. The zero-order chi connectivity index (χ0) is 14.7. The summed E-state index contributed by atoms with van der Waals surface area (Å²) in [6.07, 6.45) is 0. The molecule has 0 aromatic heterocycles. The van der Waals surface area contributed by atoms with E-state index in [4.69, 9.17) is 4.74 Å². The van der Waals surface area contributed by atoms with Crippen molar-refractivity contribution in [1.82, 2.24) is 0 Å². The first-order valence-electron chi connectivity index (χ1n) is 6.25. The number of carbonyl (C=O) groups excluding carboxylic acids is 1. The summed E-state index contributed by atoms with van der Waals surface area (Å²) >= 11 is 3.37. The molecule has 0 spiro atoms. The Balaban J connectivity index is 2.36. The lowest BCUT2D eigenvalue weighted by Gasteiger charge is -2.08. The molecular formula is C16H14BrFO2. The van der Waals surface area contributed by atoms with Crippen LogP contribution in [0, 0.1) is 12.7 Å². The summed E-state index contributed by atoms with van der Waals surface area (Å²) in [6.45, 7) is 4.20. The van der Waals surface area contributed by atoms with Gasteiger partial charge in [-0.1, -0.05) is 0 Å². The van der Waals surface area contributed by atoms with Crippen molar-refractivity contribution in [3.05, 3.63) is 63.4 Å². The molecule has 0 aliphatic heterocycles. The van der Waals surface area contributed by atoms with Crippen molar-refractivity contribution in [3.8, 4) is 5.75 Å². The smallest absolute Gasteiger partial charge is 0.193 e. The molecule has 0 aliphatic rings. The highest BCUT2D eigenvalue weighted by Crippen LogP contribution is 2.27. The molecule has 2 aromatic rings. The van der Waals surface area contributed by atoms with Gasteiger partial charge in [0.2, 0.25) is 0 Å². The number of ether oxygens (including phenoxy) is 1. The molecule has 0 atom stereocenters. The highest BCUT2D eigenvalue weighted by Gasteiger charge is 2.13. The number of aryl methyl sites for hydroxylation is 1. The summed E-state index contributed by atoms with van der Waals surface area (Å²) in [5.41, 5.74) is 1.56. The molecule has 0 saturated heterocycles. The van der Waals surface area contributed by atoms with Crippen LogP contribution in [0.3, 0.4) is 0 Å². The predicted molar refractivity (Wildman–Crippen MR) is 79.9 cm³/mol. The van der Waals surface area contributed by atoms with Crippen LogP contribution in [0.25, 0.3) is 0 Å². The largest absolute Gasteiger partial charge is 0.493 e. The summed E-state index contributed by atoms with van der Waals surface area (Å²) < 4.78 is 19.5. The number of halogens is 2. The van der Waals surface area contributed by atoms with Crippen LogP contribution in [-0.4, -0.2) is 12.4 Å². The third kappa shape index (κ3) is 3.25. The SMILES string of the molecule is CCOc1ccc(C(=O)c2cc(C)cc(F)c2)cc1Br. The first kappa shape index (κ1) is 14.7. The average Bonchev–Trinajstić information content (AvgIpc) is 2.39. The van der Waals surface area contributed by atoms with E-state index in [9.17, 15) is 9.18 Å². The Morgan fingerprint density at radius 1 is 1.20 bits per heavy atom. The fourth-order valence-corrected chi connectivity index (χ4v) is 2.44. The van der Waals surface area contributed by atoms with Crippen LogP contribution in [0.5, 0.6) is 5.75 Å². The fraction of sp³-hybridized carbons (Fsp3) is 0.188. The van der Waals surface area contributed by atoms with E-state index in [-0.39, 0.29) is 5.78 Å². The molecule has 2 aromatic carbocycles. The molecular weight excluding hydrogens is 323 g/mol. The second kappa shape index (κ2) is 6.18. The average molecular weight is 337 g/mol. The lowest BCUT2D eigenvalue weighted by Crippen LogP contribution is -2.03. The van der Waals surface area contributed by atoms with Gasteiger partial charge in [-0.3, -0.25) is 4.79 Å². The Hall–Kier alpha value is -1.68. The van der Waals surface area contributed by atoms with Gasteiger partial charge in [0.1, 0.15) is 11.6 Å². The molecule has 0 unspecified atom stereocenters. The summed E-state index contributed by atoms with van der Waals surface area (Å²) in [5, 5.41) is 0. The van der Waals surface area contributed by atoms with Gasteiger partial charge in [-0.05, 0) is 71.7 Å². The lowest BCUT2D eigenvalue weighted by molar-refractivity contribution is 0.103. The van der Waals surface area contributed by atoms with E-state index < -0.39 is 5.82 Å². The maximum Gasteiger partial charge on any atom is 0.193 e. The minimum absolute atomic E-state index is 0.212. The van der Waals surface area contributed by atoms with E-state index in [1.807, 2.05) is 6.92 Å². The number of benzene rings is 2. The number of carbonyl (C=O) groups is 1. The van der Waals surface area contributed by atoms with Crippen molar-refractivity contribution in [2.45, 2.75) is 13.8 Å². The van der Waals surface area contributed by atoms with E-state index in [0.29, 0.717) is 28.0 Å². The molecule has 0 fully saturated rings. The van der Waals surface area contributed by atoms with Crippen molar-refractivity contribution in [2.24, 2.45) is 0 Å². The van der Waals surface area contributed by atoms with Crippen molar-refractivity contribution in [2.75, 3.05) is 6.61 Å². The minimum atomic E-state index is -0.404. The standard InChI is InChI=1S/C16H14BrFO2/c1-3-20-15-5-4-11(9-14(15)17)16(19)12-6-10(2)7-13(18)8-12/h4-9H,3H2,1-2H3. The normalized spacial score (nSPS) is 10.4. The molecule has 0 aliphatic carbocycles. The molecule has 0 bridgehead atoms. The summed E-state index contributed by atoms with van der Waals surface area (Å²) in [4.78, 5) is 12.3. The van der Waals surface area contributed by atoms with Crippen molar-refractivity contribution < 1.29 is 13.9 Å². The monoisotopic (exact) mass is 336 g/mol. The number of ketones is 1. The van der Waals surface area contributed by atoms with Gasteiger partial charge in [-0.25, -0.2) is 4.39 Å². The van der Waals surface area contributed by atoms with Crippen molar-refractivity contribution in [1.29, 1.82) is 0 Å². The zero-order valence-corrected chi connectivity index (χ0v) is 12.8. The Morgan fingerprint density at radius 2 is 1.95 bits per heavy atom. The Bertz CT molecular complexity index is 633. The Morgan fingerprint density at radius 3 is 2.55 bits per heavy atom. The van der Waals surface area contributed by atoms with Gasteiger partial charge in [0.25, 0.3) is 0 Å². The molecule has 4 heteroatoms. The molecule has 0 amide bonds. The summed E-state index contributed by atoms with van der Waals surface area (Å²) in [7, 11) is 0. The molecule has 20 heavy (non-hydrogen) atoms. The van der Waals surface area contributed by atoms with Crippen LogP contribution in [-0.2, 0) is 0 Å². The van der Waals surface area contributed by atoms with Crippen molar-refractivity contribution >= 4 is 21.7 Å². The van der Waals surface area contributed by atoms with Gasteiger partial charge in [-0.2, -0.15) is 0 Å². The van der Waals surface area contributed by atoms with Gasteiger partial charge in [0.15, 0.2) is 5.78 Å². The molecule has 0 saturated carbocycles. The second-order valence-corrected chi connectivity index (χ2v) is 5.28. The second-order valence-electron chi connectivity index (χ2n) is 4.42. The quantitative estimate of drug-likeness (QED) is 0.767. The van der Waals surface area contributed by atoms with Crippen LogP contribution in [0.4, 0.5) is 4.39 Å². The van der Waals surface area contributed by atoms with Gasteiger partial charge in [0.05, 0.1) is 11.1 Å².